The molecule has 0 saturated carbocycles. The highest BCUT2D eigenvalue weighted by Crippen LogP contribution is 2.21. The molecule has 0 aliphatic carbocycles. The van der Waals surface area contributed by atoms with Crippen LogP contribution in [-0.4, -0.2) is 28.5 Å². The molecule has 0 fully saturated rings. The molecule has 0 bridgehead atoms. The predicted octanol–water partition coefficient (Wildman–Crippen LogP) is 2.46. The van der Waals surface area contributed by atoms with Gasteiger partial charge < -0.3 is 10.5 Å². The number of imidazole rings is 1. The van der Waals surface area contributed by atoms with E-state index in [0.29, 0.717) is 22.2 Å². The van der Waals surface area contributed by atoms with Crippen molar-refractivity contribution in [2.45, 2.75) is 0 Å². The predicted molar refractivity (Wildman–Crippen MR) is 81.8 cm³/mol. The Morgan fingerprint density at radius 3 is 2.50 bits per heavy atom. The molecule has 3 rings (SSSR count). The van der Waals surface area contributed by atoms with E-state index in [-0.39, 0.29) is 11.7 Å². The Balaban J connectivity index is 2.13. The van der Waals surface area contributed by atoms with E-state index in [2.05, 4.69) is 9.72 Å². The van der Waals surface area contributed by atoms with Crippen LogP contribution in [0.15, 0.2) is 48.5 Å². The third kappa shape index (κ3) is 2.20. The number of nitrogens with two attached hydrogens (primary N) is 1. The molecule has 1 aromatic heterocycles. The third-order valence-corrected chi connectivity index (χ3v) is 3.34. The summed E-state index contributed by atoms with van der Waals surface area (Å²) in [5, 5.41) is 0. The second-order valence-corrected chi connectivity index (χ2v) is 4.67. The topological polar surface area (TPSA) is 87.2 Å². The molecule has 2 N–H and O–H groups in total. The number of ketones is 1. The number of rotatable bonds is 2. The lowest BCUT2D eigenvalue weighted by atomic mass is 10.0. The summed E-state index contributed by atoms with van der Waals surface area (Å²) in [6.07, 6.45) is -0.649. The monoisotopic (exact) mass is 295 g/mol. The van der Waals surface area contributed by atoms with E-state index in [9.17, 15) is 9.59 Å². The lowest BCUT2D eigenvalue weighted by Gasteiger charge is -2.04. The van der Waals surface area contributed by atoms with E-state index in [4.69, 9.17) is 5.73 Å². The van der Waals surface area contributed by atoms with Crippen LogP contribution in [0.5, 0.6) is 0 Å². The Labute approximate surface area is 126 Å². The molecule has 0 unspecified atom stereocenters. The highest BCUT2D eigenvalue weighted by atomic mass is 16.5. The quantitative estimate of drug-likeness (QED) is 0.734. The lowest BCUT2D eigenvalue weighted by Crippen LogP contribution is -2.14. The minimum atomic E-state index is -0.649. The van der Waals surface area contributed by atoms with Gasteiger partial charge in [0.2, 0.25) is 5.95 Å². The number of carbonyl (C=O) groups excluding carboxylic acids is 2. The highest BCUT2D eigenvalue weighted by Gasteiger charge is 2.17. The van der Waals surface area contributed by atoms with Gasteiger partial charge in [-0.25, -0.2) is 14.3 Å². The van der Waals surface area contributed by atoms with Crippen molar-refractivity contribution in [3.05, 3.63) is 59.7 Å². The van der Waals surface area contributed by atoms with E-state index in [1.807, 2.05) is 6.07 Å². The second-order valence-electron chi connectivity index (χ2n) is 4.67. The first-order chi connectivity index (χ1) is 10.6. The molecule has 22 heavy (non-hydrogen) atoms. The van der Waals surface area contributed by atoms with Crippen LogP contribution in [0.1, 0.15) is 15.9 Å². The molecule has 6 nitrogen and oxygen atoms in total. The Kier molecular flexibility index (Phi) is 3.34. The Hall–Kier alpha value is -3.15. The fourth-order valence-electron chi connectivity index (χ4n) is 2.27. The fourth-order valence-corrected chi connectivity index (χ4v) is 2.27. The molecular formula is C16H13N3O3. The number of aromatic nitrogens is 2. The zero-order valence-electron chi connectivity index (χ0n) is 11.8. The summed E-state index contributed by atoms with van der Waals surface area (Å²) in [4.78, 5) is 28.4. The third-order valence-electron chi connectivity index (χ3n) is 3.34. The molecule has 0 spiro atoms. The van der Waals surface area contributed by atoms with E-state index >= 15 is 0 Å². The van der Waals surface area contributed by atoms with Gasteiger partial charge in [-0.1, -0.05) is 30.3 Å². The average Bonchev–Trinajstić information content (AvgIpc) is 2.89. The van der Waals surface area contributed by atoms with Crippen LogP contribution >= 0.6 is 0 Å². The van der Waals surface area contributed by atoms with E-state index < -0.39 is 6.09 Å². The molecule has 0 saturated heterocycles. The van der Waals surface area contributed by atoms with Gasteiger partial charge >= 0.3 is 6.09 Å². The number of methoxy groups -OCH3 is 1. The first kappa shape index (κ1) is 13.8. The van der Waals surface area contributed by atoms with Crippen LogP contribution in [-0.2, 0) is 4.74 Å². The van der Waals surface area contributed by atoms with Gasteiger partial charge in [0.05, 0.1) is 18.1 Å². The SMILES string of the molecule is COC(=O)n1c(N)nc2ccc(C(=O)c3ccccc3)cc21. The number of benzene rings is 2. The van der Waals surface area contributed by atoms with Gasteiger partial charge in [-0.3, -0.25) is 4.79 Å². The van der Waals surface area contributed by atoms with Crippen molar-refractivity contribution in [2.75, 3.05) is 12.8 Å². The summed E-state index contributed by atoms with van der Waals surface area (Å²) in [6.45, 7) is 0. The van der Waals surface area contributed by atoms with Crippen LogP contribution in [0.3, 0.4) is 0 Å². The summed E-state index contributed by atoms with van der Waals surface area (Å²) in [6, 6.07) is 13.8. The number of ether oxygens (including phenoxy) is 1. The van der Waals surface area contributed by atoms with Crippen LogP contribution in [0.25, 0.3) is 11.0 Å². The number of nitrogens with zero attached hydrogens (tertiary/aromatic N) is 2. The largest absolute Gasteiger partial charge is 0.452 e. The molecule has 0 aliphatic rings. The van der Waals surface area contributed by atoms with Crippen molar-refractivity contribution in [1.29, 1.82) is 0 Å². The van der Waals surface area contributed by atoms with Gasteiger partial charge in [0, 0.05) is 11.1 Å². The van der Waals surface area contributed by atoms with Crippen molar-refractivity contribution < 1.29 is 14.3 Å². The number of hydrogen-bond donors (Lipinski definition) is 1. The molecule has 1 heterocycles. The normalized spacial score (nSPS) is 10.6. The Bertz CT molecular complexity index is 869. The minimum absolute atomic E-state index is 0.0196. The first-order valence-electron chi connectivity index (χ1n) is 6.58. The summed E-state index contributed by atoms with van der Waals surface area (Å²) in [5.41, 5.74) is 7.71. The lowest BCUT2D eigenvalue weighted by molar-refractivity contribution is 0.103. The molecule has 0 aliphatic heterocycles. The maximum atomic E-state index is 12.5. The molecule has 6 heteroatoms. The smallest absolute Gasteiger partial charge is 0.421 e. The number of carbonyl (C=O) groups is 2. The van der Waals surface area contributed by atoms with Gasteiger partial charge in [0.15, 0.2) is 5.78 Å². The van der Waals surface area contributed by atoms with Crippen LogP contribution in [0.2, 0.25) is 0 Å². The Morgan fingerprint density at radius 2 is 1.82 bits per heavy atom. The molecule has 3 aromatic rings. The number of nitrogen functional groups attached to an aromatic ring is 1. The second kappa shape index (κ2) is 5.33. The number of fused-ring (bicyclic) bond motifs is 1. The van der Waals surface area contributed by atoms with E-state index in [1.54, 1.807) is 42.5 Å². The zero-order chi connectivity index (χ0) is 15.7. The average molecular weight is 295 g/mol. The van der Waals surface area contributed by atoms with Gasteiger partial charge in [-0.15, -0.1) is 0 Å². The number of hydrogen-bond acceptors (Lipinski definition) is 5. The molecule has 0 amide bonds. The molecule has 110 valence electrons. The van der Waals surface area contributed by atoms with E-state index in [0.717, 1.165) is 4.57 Å². The van der Waals surface area contributed by atoms with Crippen LogP contribution in [0, 0.1) is 0 Å². The van der Waals surface area contributed by atoms with Crippen LogP contribution < -0.4 is 5.73 Å². The molecule has 0 radical (unpaired) electrons. The van der Waals surface area contributed by atoms with Crippen molar-refractivity contribution in [3.63, 3.8) is 0 Å². The minimum Gasteiger partial charge on any atom is -0.452 e. The van der Waals surface area contributed by atoms with Gasteiger partial charge in [-0.05, 0) is 18.2 Å². The Morgan fingerprint density at radius 1 is 1.09 bits per heavy atom. The maximum Gasteiger partial charge on any atom is 0.421 e. The van der Waals surface area contributed by atoms with Crippen LogP contribution in [0.4, 0.5) is 10.7 Å². The van der Waals surface area contributed by atoms with Crippen molar-refractivity contribution in [1.82, 2.24) is 9.55 Å². The summed E-state index contributed by atoms with van der Waals surface area (Å²) in [5.74, 6) is -0.121. The standard InChI is InChI=1S/C16H13N3O3/c1-22-16(21)19-13-9-11(7-8-12(13)18-15(19)17)14(20)10-5-3-2-4-6-10/h2-9H,1H3,(H2,17,18). The maximum absolute atomic E-state index is 12.5. The van der Waals surface area contributed by atoms with Gasteiger partial charge in [0.1, 0.15) is 0 Å². The highest BCUT2D eigenvalue weighted by molar-refractivity contribution is 6.10. The van der Waals surface area contributed by atoms with Crippen molar-refractivity contribution in [3.8, 4) is 0 Å². The molecule has 2 aromatic carbocycles. The van der Waals surface area contributed by atoms with Crippen molar-refractivity contribution >= 4 is 28.9 Å². The van der Waals surface area contributed by atoms with Crippen molar-refractivity contribution in [2.24, 2.45) is 0 Å². The van der Waals surface area contributed by atoms with E-state index in [1.165, 1.54) is 7.11 Å². The summed E-state index contributed by atoms with van der Waals surface area (Å²) < 4.78 is 5.82. The first-order valence-corrected chi connectivity index (χ1v) is 6.58. The molecular weight excluding hydrogens is 282 g/mol. The summed E-state index contributed by atoms with van der Waals surface area (Å²) >= 11 is 0. The summed E-state index contributed by atoms with van der Waals surface area (Å²) in [7, 11) is 1.26. The zero-order valence-corrected chi connectivity index (χ0v) is 11.8. The van der Waals surface area contributed by atoms with Gasteiger partial charge in [-0.2, -0.15) is 0 Å². The molecule has 0 atom stereocenters. The fraction of sp³-hybridized carbons (Fsp3) is 0.0625. The van der Waals surface area contributed by atoms with Gasteiger partial charge in [0.25, 0.3) is 0 Å². The number of anilines is 1.